The zero-order valence-electron chi connectivity index (χ0n) is 16.8. The van der Waals surface area contributed by atoms with Crippen LogP contribution in [-0.2, 0) is 4.79 Å². The number of halogens is 1. The summed E-state index contributed by atoms with van der Waals surface area (Å²) < 4.78 is -0.671. The topological polar surface area (TPSA) is 37.3 Å². The first-order chi connectivity index (χ1) is 13.1. The minimum atomic E-state index is -0.731. The van der Waals surface area contributed by atoms with Gasteiger partial charge in [0.05, 0.1) is 0 Å². The molecule has 0 aliphatic heterocycles. The van der Waals surface area contributed by atoms with Crippen LogP contribution in [0.1, 0.15) is 65.2 Å². The predicted octanol–water partition coefficient (Wildman–Crippen LogP) is 7.74. The number of hydrogen-bond donors (Lipinski definition) is 1. The molecule has 0 aromatic heterocycles. The number of alkyl halides is 1. The van der Waals surface area contributed by atoms with Crippen LogP contribution < -0.4 is 0 Å². The maximum atomic E-state index is 11.2. The number of allylic oxidation sites excluding steroid dienone is 12. The highest BCUT2D eigenvalue weighted by atomic mass is 127. The van der Waals surface area contributed by atoms with Crippen LogP contribution in [0, 0.1) is 0 Å². The van der Waals surface area contributed by atoms with Gasteiger partial charge >= 0.3 is 5.97 Å². The summed E-state index contributed by atoms with van der Waals surface area (Å²) in [7, 11) is 0. The highest BCUT2D eigenvalue weighted by Gasteiger charge is 2.31. The van der Waals surface area contributed by atoms with Crippen molar-refractivity contribution in [1.29, 1.82) is 0 Å². The van der Waals surface area contributed by atoms with Crippen LogP contribution in [0.2, 0.25) is 0 Å². The molecule has 0 spiro atoms. The van der Waals surface area contributed by atoms with Crippen molar-refractivity contribution in [3.63, 3.8) is 0 Å². The van der Waals surface area contributed by atoms with Gasteiger partial charge in [-0.15, -0.1) is 0 Å². The smallest absolute Gasteiger partial charge is 0.319 e. The molecule has 1 atom stereocenters. The third-order valence-electron chi connectivity index (χ3n) is 3.98. The Morgan fingerprint density at radius 3 is 1.33 bits per heavy atom. The van der Waals surface area contributed by atoms with Gasteiger partial charge in [-0.05, 0) is 51.4 Å². The second-order valence-corrected chi connectivity index (χ2v) is 8.31. The van der Waals surface area contributed by atoms with Gasteiger partial charge in [0.2, 0.25) is 0 Å². The van der Waals surface area contributed by atoms with Gasteiger partial charge in [0.15, 0.2) is 0 Å². The molecule has 0 bridgehead atoms. The standard InChI is InChI=1S/C24H35IO2/c1-3-5-6-7-8-9-10-11-12-13-14-15-16-17-18-19-20-21-22-24(25,4-2)23(26)27/h5-6,8-9,11-12,14-15,17-18,20-21H,3-4,7,10,13,16,19,22H2,1-2H3,(H,26,27). The lowest BCUT2D eigenvalue weighted by Crippen LogP contribution is -2.29. The van der Waals surface area contributed by atoms with Gasteiger partial charge < -0.3 is 5.11 Å². The van der Waals surface area contributed by atoms with Crippen molar-refractivity contribution < 1.29 is 9.90 Å². The third-order valence-corrected chi connectivity index (χ3v) is 5.65. The number of hydrogen-bond acceptors (Lipinski definition) is 1. The van der Waals surface area contributed by atoms with Gasteiger partial charge in [0, 0.05) is 0 Å². The normalized spacial score (nSPS) is 15.4. The van der Waals surface area contributed by atoms with Gasteiger partial charge in [0.1, 0.15) is 3.42 Å². The molecule has 3 heteroatoms. The van der Waals surface area contributed by atoms with E-state index in [1.165, 1.54) is 0 Å². The predicted molar refractivity (Wildman–Crippen MR) is 128 cm³/mol. The van der Waals surface area contributed by atoms with E-state index in [-0.39, 0.29) is 0 Å². The molecule has 0 heterocycles. The Morgan fingerprint density at radius 1 is 0.704 bits per heavy atom. The largest absolute Gasteiger partial charge is 0.480 e. The molecule has 0 fully saturated rings. The summed E-state index contributed by atoms with van der Waals surface area (Å²) in [6.45, 7) is 4.06. The number of aliphatic carboxylic acids is 1. The van der Waals surface area contributed by atoms with Gasteiger partial charge in [-0.2, -0.15) is 0 Å². The van der Waals surface area contributed by atoms with Crippen LogP contribution in [0.25, 0.3) is 0 Å². The summed E-state index contributed by atoms with van der Waals surface area (Å²) >= 11 is 2.04. The van der Waals surface area contributed by atoms with Gasteiger partial charge in [-0.1, -0.05) is 109 Å². The molecule has 150 valence electrons. The van der Waals surface area contributed by atoms with Crippen LogP contribution in [-0.4, -0.2) is 14.5 Å². The molecule has 1 unspecified atom stereocenters. The van der Waals surface area contributed by atoms with E-state index >= 15 is 0 Å². The van der Waals surface area contributed by atoms with E-state index in [0.717, 1.165) is 38.5 Å². The molecule has 0 aliphatic rings. The fourth-order valence-electron chi connectivity index (χ4n) is 2.17. The summed E-state index contributed by atoms with van der Waals surface area (Å²) in [5.41, 5.74) is 0. The highest BCUT2D eigenvalue weighted by molar-refractivity contribution is 14.1. The number of carboxylic acid groups (broad SMARTS) is 1. The molecule has 0 aromatic rings. The van der Waals surface area contributed by atoms with E-state index in [0.29, 0.717) is 12.8 Å². The Morgan fingerprint density at radius 2 is 1.04 bits per heavy atom. The fourth-order valence-corrected chi connectivity index (χ4v) is 2.43. The second kappa shape index (κ2) is 18.0. The molecule has 0 radical (unpaired) electrons. The summed E-state index contributed by atoms with van der Waals surface area (Å²) in [6, 6.07) is 0. The van der Waals surface area contributed by atoms with E-state index in [2.05, 4.69) is 67.7 Å². The molecule has 2 nitrogen and oxygen atoms in total. The summed E-state index contributed by atoms with van der Waals surface area (Å²) in [6.07, 6.45) is 32.9. The fraction of sp³-hybridized carbons (Fsp3) is 0.458. The molecule has 0 saturated carbocycles. The number of rotatable bonds is 15. The number of carboxylic acids is 1. The van der Waals surface area contributed by atoms with E-state index < -0.39 is 9.39 Å². The lowest BCUT2D eigenvalue weighted by Gasteiger charge is -2.18. The average molecular weight is 482 g/mol. The Hall–Kier alpha value is -1.36. The number of carbonyl (C=O) groups is 1. The monoisotopic (exact) mass is 482 g/mol. The lowest BCUT2D eigenvalue weighted by atomic mass is 10.0. The van der Waals surface area contributed by atoms with E-state index in [9.17, 15) is 9.90 Å². The molecule has 0 amide bonds. The van der Waals surface area contributed by atoms with Crippen LogP contribution in [0.4, 0.5) is 0 Å². The zero-order valence-corrected chi connectivity index (χ0v) is 19.0. The first-order valence-electron chi connectivity index (χ1n) is 9.89. The van der Waals surface area contributed by atoms with Gasteiger partial charge in [-0.25, -0.2) is 0 Å². The van der Waals surface area contributed by atoms with Gasteiger partial charge in [-0.3, -0.25) is 4.79 Å². The summed E-state index contributed by atoms with van der Waals surface area (Å²) in [5.74, 6) is -0.731. The Bertz CT molecular complexity index is 553. The second-order valence-electron chi connectivity index (χ2n) is 6.24. The maximum Gasteiger partial charge on any atom is 0.319 e. The van der Waals surface area contributed by atoms with Crippen molar-refractivity contribution in [2.45, 2.75) is 68.6 Å². The summed E-state index contributed by atoms with van der Waals surface area (Å²) in [4.78, 5) is 11.2. The minimum absolute atomic E-state index is 0.574. The van der Waals surface area contributed by atoms with Crippen LogP contribution >= 0.6 is 22.6 Å². The molecule has 1 N–H and O–H groups in total. The quantitative estimate of drug-likeness (QED) is 0.147. The van der Waals surface area contributed by atoms with Crippen LogP contribution in [0.15, 0.2) is 72.9 Å². The SMILES string of the molecule is CCC=CCC=CCC=CCC=CCC=CCC=CCC(I)(CC)C(=O)O. The van der Waals surface area contributed by atoms with E-state index in [1.807, 2.05) is 41.7 Å². The van der Waals surface area contributed by atoms with Crippen molar-refractivity contribution in [2.75, 3.05) is 0 Å². The molecular weight excluding hydrogens is 447 g/mol. The maximum absolute atomic E-state index is 11.2. The summed E-state index contributed by atoms with van der Waals surface area (Å²) in [5, 5.41) is 9.20. The Labute approximate surface area is 179 Å². The zero-order chi connectivity index (χ0) is 20.2. The first-order valence-corrected chi connectivity index (χ1v) is 11.0. The highest BCUT2D eigenvalue weighted by Crippen LogP contribution is 2.28. The molecule has 27 heavy (non-hydrogen) atoms. The van der Waals surface area contributed by atoms with E-state index in [1.54, 1.807) is 0 Å². The van der Waals surface area contributed by atoms with Crippen molar-refractivity contribution in [3.8, 4) is 0 Å². The lowest BCUT2D eigenvalue weighted by molar-refractivity contribution is -0.139. The van der Waals surface area contributed by atoms with Crippen molar-refractivity contribution >= 4 is 28.6 Å². The van der Waals surface area contributed by atoms with Crippen LogP contribution in [0.3, 0.4) is 0 Å². The van der Waals surface area contributed by atoms with Crippen molar-refractivity contribution in [3.05, 3.63) is 72.9 Å². The molecule has 0 saturated heterocycles. The first kappa shape index (κ1) is 25.6. The molecule has 0 aromatic carbocycles. The molecular formula is C24H35IO2. The van der Waals surface area contributed by atoms with E-state index in [4.69, 9.17) is 0 Å². The minimum Gasteiger partial charge on any atom is -0.480 e. The molecule has 0 rings (SSSR count). The third kappa shape index (κ3) is 15.4. The van der Waals surface area contributed by atoms with Crippen molar-refractivity contribution in [2.24, 2.45) is 0 Å². The Kier molecular flexibility index (Phi) is 17.1. The van der Waals surface area contributed by atoms with Crippen LogP contribution in [0.5, 0.6) is 0 Å². The Balaban J connectivity index is 3.76. The van der Waals surface area contributed by atoms with Crippen molar-refractivity contribution in [1.82, 2.24) is 0 Å². The molecule has 0 aliphatic carbocycles. The van der Waals surface area contributed by atoms with Gasteiger partial charge in [0.25, 0.3) is 0 Å². The average Bonchev–Trinajstić information content (AvgIpc) is 2.66.